The maximum atomic E-state index is 13.5. The molecular weight excluding hydrogens is 231 g/mol. The third-order valence-electron chi connectivity index (χ3n) is 2.42. The average molecular weight is 242 g/mol. The molecule has 2 aromatic rings. The molecule has 0 radical (unpaired) electrons. The van der Waals surface area contributed by atoms with E-state index in [1.54, 1.807) is 12.1 Å². The van der Waals surface area contributed by atoms with Crippen LogP contribution in [0.4, 0.5) is 21.6 Å². The minimum atomic E-state index is -0.383. The maximum absolute atomic E-state index is 13.5. The van der Waals surface area contributed by atoms with Gasteiger partial charge in [-0.2, -0.15) is 5.26 Å². The van der Waals surface area contributed by atoms with Gasteiger partial charge in [0.05, 0.1) is 16.9 Å². The summed E-state index contributed by atoms with van der Waals surface area (Å²) in [6, 6.07) is 8.13. The first-order valence-electron chi connectivity index (χ1n) is 5.29. The molecule has 0 unspecified atom stereocenters. The van der Waals surface area contributed by atoms with E-state index >= 15 is 0 Å². The Kier molecular flexibility index (Phi) is 3.11. The van der Waals surface area contributed by atoms with Gasteiger partial charge in [-0.25, -0.2) is 9.37 Å². The molecule has 0 fully saturated rings. The van der Waals surface area contributed by atoms with Gasteiger partial charge in [-0.05, 0) is 30.7 Å². The van der Waals surface area contributed by atoms with E-state index in [1.165, 1.54) is 18.3 Å². The first-order valence-corrected chi connectivity index (χ1v) is 5.29. The minimum absolute atomic E-state index is 0.301. The zero-order chi connectivity index (χ0) is 13.1. The SMILES string of the molecule is Cc1ccc(F)c(Nc2ncc(C#N)cc2N)c1. The number of nitrogens with two attached hydrogens (primary N) is 1. The van der Waals surface area contributed by atoms with Gasteiger partial charge < -0.3 is 11.1 Å². The molecule has 4 nitrogen and oxygen atoms in total. The van der Waals surface area contributed by atoms with Crippen molar-refractivity contribution in [3.63, 3.8) is 0 Å². The highest BCUT2D eigenvalue weighted by molar-refractivity contribution is 5.70. The molecule has 3 N–H and O–H groups in total. The molecule has 0 atom stereocenters. The quantitative estimate of drug-likeness (QED) is 0.849. The molecule has 0 aliphatic rings. The van der Waals surface area contributed by atoms with Crippen LogP contribution < -0.4 is 11.1 Å². The highest BCUT2D eigenvalue weighted by Gasteiger charge is 2.07. The van der Waals surface area contributed by atoms with Crippen LogP contribution in [0.25, 0.3) is 0 Å². The Morgan fingerprint density at radius 3 is 2.83 bits per heavy atom. The van der Waals surface area contributed by atoms with Crippen molar-refractivity contribution in [1.29, 1.82) is 5.26 Å². The number of aromatic nitrogens is 1. The molecule has 0 spiro atoms. The second-order valence-corrected chi connectivity index (χ2v) is 3.88. The zero-order valence-electron chi connectivity index (χ0n) is 9.74. The topological polar surface area (TPSA) is 74.7 Å². The summed E-state index contributed by atoms with van der Waals surface area (Å²) >= 11 is 0. The smallest absolute Gasteiger partial charge is 0.153 e. The molecule has 0 saturated heterocycles. The van der Waals surface area contributed by atoms with Gasteiger partial charge >= 0.3 is 0 Å². The second-order valence-electron chi connectivity index (χ2n) is 3.88. The molecule has 1 aromatic heterocycles. The van der Waals surface area contributed by atoms with Crippen LogP contribution in [0, 0.1) is 24.1 Å². The predicted octanol–water partition coefficient (Wildman–Crippen LogP) is 2.73. The number of benzene rings is 1. The summed E-state index contributed by atoms with van der Waals surface area (Å²) in [5.41, 5.74) is 7.63. The van der Waals surface area contributed by atoms with Crippen molar-refractivity contribution in [3.8, 4) is 6.07 Å². The van der Waals surface area contributed by atoms with Crippen molar-refractivity contribution in [2.75, 3.05) is 11.1 Å². The van der Waals surface area contributed by atoms with Gasteiger partial charge in [-0.15, -0.1) is 0 Å². The van der Waals surface area contributed by atoms with Crippen LogP contribution in [-0.2, 0) is 0 Å². The maximum Gasteiger partial charge on any atom is 0.153 e. The molecule has 5 heteroatoms. The van der Waals surface area contributed by atoms with Gasteiger partial charge in [-0.1, -0.05) is 6.07 Å². The fourth-order valence-corrected chi connectivity index (χ4v) is 1.51. The molecule has 0 saturated carbocycles. The van der Waals surface area contributed by atoms with E-state index in [0.717, 1.165) is 5.56 Å². The lowest BCUT2D eigenvalue weighted by Gasteiger charge is -2.09. The Labute approximate surface area is 104 Å². The highest BCUT2D eigenvalue weighted by Crippen LogP contribution is 2.24. The van der Waals surface area contributed by atoms with Crippen LogP contribution in [0.5, 0.6) is 0 Å². The normalized spacial score (nSPS) is 9.83. The van der Waals surface area contributed by atoms with E-state index < -0.39 is 0 Å². The number of nitriles is 1. The number of nitrogen functional groups attached to an aromatic ring is 1. The lowest BCUT2D eigenvalue weighted by molar-refractivity contribution is 0.631. The molecular formula is C13H11FN4. The van der Waals surface area contributed by atoms with Crippen molar-refractivity contribution in [2.45, 2.75) is 6.92 Å². The number of anilines is 3. The summed E-state index contributed by atoms with van der Waals surface area (Å²) in [5.74, 6) is -0.0512. The van der Waals surface area contributed by atoms with Crippen LogP contribution in [0.1, 0.15) is 11.1 Å². The van der Waals surface area contributed by atoms with Gasteiger partial charge in [0.1, 0.15) is 11.9 Å². The monoisotopic (exact) mass is 242 g/mol. The number of hydrogen-bond donors (Lipinski definition) is 2. The molecule has 0 amide bonds. The van der Waals surface area contributed by atoms with Crippen LogP contribution in [-0.4, -0.2) is 4.98 Å². The fraction of sp³-hybridized carbons (Fsp3) is 0.0769. The van der Waals surface area contributed by atoms with E-state index in [9.17, 15) is 4.39 Å². The molecule has 1 aromatic carbocycles. The summed E-state index contributed by atoms with van der Waals surface area (Å²) < 4.78 is 13.5. The molecule has 0 aliphatic carbocycles. The van der Waals surface area contributed by atoms with Gasteiger partial charge in [0.15, 0.2) is 5.82 Å². The van der Waals surface area contributed by atoms with E-state index in [0.29, 0.717) is 22.8 Å². The summed E-state index contributed by atoms with van der Waals surface area (Å²) in [4.78, 5) is 3.99. The summed E-state index contributed by atoms with van der Waals surface area (Å²) in [7, 11) is 0. The molecule has 0 aliphatic heterocycles. The minimum Gasteiger partial charge on any atom is -0.396 e. The number of hydrogen-bond acceptors (Lipinski definition) is 4. The highest BCUT2D eigenvalue weighted by atomic mass is 19.1. The summed E-state index contributed by atoms with van der Waals surface area (Å²) in [6.07, 6.45) is 1.38. The number of aryl methyl sites for hydroxylation is 1. The Balaban J connectivity index is 2.34. The standard InChI is InChI=1S/C13H11FN4/c1-8-2-3-10(14)12(4-8)18-13-11(16)5-9(6-15)7-17-13/h2-5,7H,16H2,1H3,(H,17,18). The molecule has 1 heterocycles. The van der Waals surface area contributed by atoms with Crippen molar-refractivity contribution in [3.05, 3.63) is 47.4 Å². The van der Waals surface area contributed by atoms with Crippen LogP contribution in [0.2, 0.25) is 0 Å². The number of pyridine rings is 1. The van der Waals surface area contributed by atoms with E-state index in [1.807, 2.05) is 13.0 Å². The molecule has 90 valence electrons. The van der Waals surface area contributed by atoms with Crippen molar-refractivity contribution in [1.82, 2.24) is 4.98 Å². The van der Waals surface area contributed by atoms with Crippen LogP contribution >= 0.6 is 0 Å². The van der Waals surface area contributed by atoms with Gasteiger partial charge in [-0.3, -0.25) is 0 Å². The Morgan fingerprint density at radius 1 is 1.39 bits per heavy atom. The first-order chi connectivity index (χ1) is 8.60. The second kappa shape index (κ2) is 4.72. The number of halogens is 1. The average Bonchev–Trinajstić information content (AvgIpc) is 2.36. The number of nitrogens with zero attached hydrogens (tertiary/aromatic N) is 2. The van der Waals surface area contributed by atoms with Crippen LogP contribution in [0.3, 0.4) is 0 Å². The number of rotatable bonds is 2. The lowest BCUT2D eigenvalue weighted by Crippen LogP contribution is -2.01. The Hall–Kier alpha value is -2.61. The first kappa shape index (κ1) is 11.9. The van der Waals surface area contributed by atoms with Gasteiger partial charge in [0, 0.05) is 6.20 Å². The Bertz CT molecular complexity index is 631. The van der Waals surface area contributed by atoms with Gasteiger partial charge in [0.25, 0.3) is 0 Å². The molecule has 18 heavy (non-hydrogen) atoms. The zero-order valence-corrected chi connectivity index (χ0v) is 9.74. The van der Waals surface area contributed by atoms with E-state index in [2.05, 4.69) is 10.3 Å². The summed E-state index contributed by atoms with van der Waals surface area (Å²) in [5, 5.41) is 11.5. The summed E-state index contributed by atoms with van der Waals surface area (Å²) in [6.45, 7) is 1.86. The van der Waals surface area contributed by atoms with Gasteiger partial charge in [0.2, 0.25) is 0 Å². The fourth-order valence-electron chi connectivity index (χ4n) is 1.51. The van der Waals surface area contributed by atoms with E-state index in [-0.39, 0.29) is 5.82 Å². The Morgan fingerprint density at radius 2 is 2.17 bits per heavy atom. The molecule has 2 rings (SSSR count). The van der Waals surface area contributed by atoms with Crippen LogP contribution in [0.15, 0.2) is 30.5 Å². The van der Waals surface area contributed by atoms with E-state index in [4.69, 9.17) is 11.0 Å². The van der Waals surface area contributed by atoms with Crippen molar-refractivity contribution >= 4 is 17.2 Å². The predicted molar refractivity (Wildman–Crippen MR) is 67.8 cm³/mol. The number of nitrogens with one attached hydrogen (secondary N) is 1. The van der Waals surface area contributed by atoms with Crippen molar-refractivity contribution < 1.29 is 4.39 Å². The third kappa shape index (κ3) is 2.38. The largest absolute Gasteiger partial charge is 0.396 e. The molecule has 0 bridgehead atoms. The van der Waals surface area contributed by atoms with Crippen molar-refractivity contribution in [2.24, 2.45) is 0 Å². The lowest BCUT2D eigenvalue weighted by atomic mass is 10.2. The third-order valence-corrected chi connectivity index (χ3v) is 2.42.